The van der Waals surface area contributed by atoms with Crippen molar-refractivity contribution in [1.82, 2.24) is 4.31 Å². The van der Waals surface area contributed by atoms with E-state index in [0.29, 0.717) is 18.5 Å². The van der Waals surface area contributed by atoms with Crippen LogP contribution in [0.2, 0.25) is 0 Å². The summed E-state index contributed by atoms with van der Waals surface area (Å²) < 4.78 is 42.1. The Morgan fingerprint density at radius 2 is 1.79 bits per heavy atom. The molecule has 1 fully saturated rings. The van der Waals surface area contributed by atoms with Crippen molar-refractivity contribution in [3.63, 3.8) is 0 Å². The van der Waals surface area contributed by atoms with Gasteiger partial charge in [-0.15, -0.1) is 0 Å². The van der Waals surface area contributed by atoms with Crippen molar-refractivity contribution in [2.24, 2.45) is 5.92 Å². The maximum absolute atomic E-state index is 13.7. The second kappa shape index (κ2) is 8.88. The lowest BCUT2D eigenvalue weighted by Gasteiger charge is -2.38. The van der Waals surface area contributed by atoms with Gasteiger partial charge in [-0.3, -0.25) is 0 Å². The highest BCUT2D eigenvalue weighted by atomic mass is 32.2. The molecule has 2 N–H and O–H groups in total. The quantitative estimate of drug-likeness (QED) is 0.559. The van der Waals surface area contributed by atoms with Crippen molar-refractivity contribution in [2.75, 3.05) is 18.5 Å². The Morgan fingerprint density at radius 3 is 2.53 bits per heavy atom. The lowest BCUT2D eigenvalue weighted by atomic mass is 9.83. The maximum atomic E-state index is 13.7. The zero-order valence-electron chi connectivity index (χ0n) is 18.7. The van der Waals surface area contributed by atoms with Gasteiger partial charge in [-0.2, -0.15) is 4.31 Å². The normalized spacial score (nSPS) is 21.7. The number of nitrogens with one attached hydrogen (secondary N) is 1. The van der Waals surface area contributed by atoms with Gasteiger partial charge in [0.15, 0.2) is 0 Å². The fraction of sp³-hybridized carbons (Fsp3) is 0.259. The molecule has 3 aromatic carbocycles. The summed E-state index contributed by atoms with van der Waals surface area (Å²) in [7, 11) is -3.73. The Labute approximate surface area is 199 Å². The Balaban J connectivity index is 1.55. The van der Waals surface area contributed by atoms with Crippen LogP contribution in [0.4, 0.5) is 10.1 Å². The van der Waals surface area contributed by atoms with E-state index in [-0.39, 0.29) is 29.3 Å². The van der Waals surface area contributed by atoms with Crippen molar-refractivity contribution in [3.05, 3.63) is 94.8 Å². The number of sulfonamides is 1. The molecule has 2 aliphatic heterocycles. The van der Waals surface area contributed by atoms with E-state index in [1.807, 2.05) is 31.2 Å². The Kier molecular flexibility index (Phi) is 5.90. The molecule has 0 unspecified atom stereocenters. The van der Waals surface area contributed by atoms with Crippen molar-refractivity contribution in [1.29, 1.82) is 0 Å². The van der Waals surface area contributed by atoms with E-state index in [1.54, 1.807) is 34.6 Å². The smallest absolute Gasteiger partial charge is 0.243 e. The Morgan fingerprint density at radius 1 is 1.06 bits per heavy atom. The molecule has 3 atom stereocenters. The largest absolute Gasteiger partial charge is 0.394 e. The summed E-state index contributed by atoms with van der Waals surface area (Å²) in [5, 5.41) is 13.4. The number of halogens is 1. The number of hydrogen-bond donors (Lipinski definition) is 2. The van der Waals surface area contributed by atoms with Crippen LogP contribution in [0.5, 0.6) is 0 Å². The van der Waals surface area contributed by atoms with E-state index < -0.39 is 16.1 Å². The summed E-state index contributed by atoms with van der Waals surface area (Å²) in [5.74, 6) is 5.78. The minimum Gasteiger partial charge on any atom is -0.394 e. The van der Waals surface area contributed by atoms with Crippen molar-refractivity contribution >= 4 is 15.7 Å². The molecule has 3 aromatic rings. The number of aryl methyl sites for hydroxylation is 1. The average Bonchev–Trinajstić information content (AvgIpc) is 3.30. The maximum Gasteiger partial charge on any atom is 0.243 e. The molecule has 1 saturated heterocycles. The van der Waals surface area contributed by atoms with Crippen molar-refractivity contribution in [3.8, 4) is 11.8 Å². The summed E-state index contributed by atoms with van der Waals surface area (Å²) >= 11 is 0. The second-order valence-electron chi connectivity index (χ2n) is 8.82. The standard InChI is InChI=1S/C27H25FN2O3S/c1-18-3-2-4-22(15-18)34(32,33)30-14-13-23-26(17-31)29-25-12-9-20(16-24(25)27(23)30)6-5-19-7-10-21(28)11-8-19/h2-4,7-12,15-16,23,26-27,29,31H,13-14,17H2,1H3/t23-,26-,27-/m0/s1. The topological polar surface area (TPSA) is 69.6 Å². The molecule has 0 aliphatic carbocycles. The van der Waals surface area contributed by atoms with Crippen LogP contribution in [0.1, 0.15) is 34.7 Å². The summed E-state index contributed by atoms with van der Waals surface area (Å²) in [4.78, 5) is 0.279. The number of aliphatic hydroxyl groups is 1. The molecule has 174 valence electrons. The van der Waals surface area contributed by atoms with Gasteiger partial charge in [0, 0.05) is 29.3 Å². The first kappa shape index (κ1) is 22.6. The van der Waals surface area contributed by atoms with Gasteiger partial charge in [-0.1, -0.05) is 24.0 Å². The van der Waals surface area contributed by atoms with Crippen molar-refractivity contribution < 1.29 is 17.9 Å². The molecule has 7 heteroatoms. The number of benzene rings is 3. The van der Waals surface area contributed by atoms with Gasteiger partial charge in [-0.25, -0.2) is 12.8 Å². The first-order valence-electron chi connectivity index (χ1n) is 11.2. The minimum atomic E-state index is -3.73. The summed E-state index contributed by atoms with van der Waals surface area (Å²) in [5.41, 5.74) is 3.98. The van der Waals surface area contributed by atoms with Crippen LogP contribution in [0, 0.1) is 30.5 Å². The van der Waals surface area contributed by atoms with Gasteiger partial charge in [0.25, 0.3) is 0 Å². The average molecular weight is 477 g/mol. The van der Waals surface area contributed by atoms with Crippen LogP contribution in [-0.4, -0.2) is 37.0 Å². The van der Waals surface area contributed by atoms with Gasteiger partial charge >= 0.3 is 0 Å². The number of aliphatic hydroxyl groups excluding tert-OH is 1. The highest BCUT2D eigenvalue weighted by Crippen LogP contribution is 2.48. The van der Waals surface area contributed by atoms with Gasteiger partial charge in [-0.05, 0) is 79.1 Å². The second-order valence-corrected chi connectivity index (χ2v) is 10.7. The number of rotatable bonds is 3. The minimum absolute atomic E-state index is 0.0580. The third-order valence-corrected chi connectivity index (χ3v) is 8.49. The van der Waals surface area contributed by atoms with E-state index in [0.717, 1.165) is 22.4 Å². The summed E-state index contributed by atoms with van der Waals surface area (Å²) in [6.07, 6.45) is 0.652. The van der Waals surface area contributed by atoms with Crippen LogP contribution in [0.25, 0.3) is 0 Å². The third kappa shape index (κ3) is 4.09. The lowest BCUT2D eigenvalue weighted by molar-refractivity contribution is 0.210. The molecular weight excluding hydrogens is 451 g/mol. The third-order valence-electron chi connectivity index (χ3n) is 6.61. The lowest BCUT2D eigenvalue weighted by Crippen LogP contribution is -2.42. The van der Waals surface area contributed by atoms with Gasteiger partial charge in [0.05, 0.1) is 23.6 Å². The SMILES string of the molecule is Cc1cccc(S(=O)(=O)N2CC[C@H]3[C@H](CO)Nc4ccc(C#Cc5ccc(F)cc5)cc4[C@H]32)c1. The zero-order valence-corrected chi connectivity index (χ0v) is 19.5. The van der Waals surface area contributed by atoms with E-state index in [1.165, 1.54) is 12.1 Å². The molecular formula is C27H25FN2O3S. The number of hydrogen-bond acceptors (Lipinski definition) is 4. The predicted octanol–water partition coefficient (Wildman–Crippen LogP) is 4.07. The summed E-state index contributed by atoms with van der Waals surface area (Å²) in [6.45, 7) is 2.18. The molecule has 0 saturated carbocycles. The molecule has 0 bridgehead atoms. The number of fused-ring (bicyclic) bond motifs is 3. The summed E-state index contributed by atoms with van der Waals surface area (Å²) in [6, 6.07) is 18.0. The number of anilines is 1. The predicted molar refractivity (Wildman–Crippen MR) is 129 cm³/mol. The molecule has 0 radical (unpaired) electrons. The van der Waals surface area contributed by atoms with Gasteiger partial charge in [0.1, 0.15) is 5.82 Å². The highest BCUT2D eigenvalue weighted by molar-refractivity contribution is 7.89. The van der Waals surface area contributed by atoms with Crippen molar-refractivity contribution in [2.45, 2.75) is 30.3 Å². The van der Waals surface area contributed by atoms with Gasteiger partial charge < -0.3 is 10.4 Å². The molecule has 34 heavy (non-hydrogen) atoms. The molecule has 2 aliphatic rings. The molecule has 2 heterocycles. The van der Waals surface area contributed by atoms with E-state index in [2.05, 4.69) is 17.2 Å². The first-order valence-corrected chi connectivity index (χ1v) is 12.7. The highest BCUT2D eigenvalue weighted by Gasteiger charge is 2.48. The van der Waals surface area contributed by atoms with Crippen LogP contribution in [0.15, 0.2) is 71.6 Å². The molecule has 0 aromatic heterocycles. The van der Waals surface area contributed by atoms with Crippen LogP contribution >= 0.6 is 0 Å². The van der Waals surface area contributed by atoms with E-state index in [9.17, 15) is 17.9 Å². The molecule has 5 rings (SSSR count). The Hall–Kier alpha value is -3.18. The number of nitrogens with zero attached hydrogens (tertiary/aromatic N) is 1. The van der Waals surface area contributed by atoms with E-state index in [4.69, 9.17) is 0 Å². The Bertz CT molecular complexity index is 1390. The van der Waals surface area contributed by atoms with Crippen LogP contribution < -0.4 is 5.32 Å². The fourth-order valence-electron chi connectivity index (χ4n) is 4.96. The van der Waals surface area contributed by atoms with Crippen LogP contribution in [-0.2, 0) is 10.0 Å². The fourth-order valence-corrected chi connectivity index (χ4v) is 6.73. The molecule has 5 nitrogen and oxygen atoms in total. The monoisotopic (exact) mass is 476 g/mol. The first-order chi connectivity index (χ1) is 16.4. The van der Waals surface area contributed by atoms with Gasteiger partial charge in [0.2, 0.25) is 10.0 Å². The molecule has 0 amide bonds. The van der Waals surface area contributed by atoms with E-state index >= 15 is 0 Å². The van der Waals surface area contributed by atoms with Crippen LogP contribution in [0.3, 0.4) is 0 Å². The zero-order chi connectivity index (χ0) is 23.9. The molecule has 0 spiro atoms.